The smallest absolute Gasteiger partial charge is 0.253 e. The molecule has 0 N–H and O–H groups in total. The lowest BCUT2D eigenvalue weighted by atomic mass is 10.0. The highest BCUT2D eigenvalue weighted by Crippen LogP contribution is 2.33. The van der Waals surface area contributed by atoms with E-state index in [4.69, 9.17) is 14.2 Å². The van der Waals surface area contributed by atoms with Crippen LogP contribution in [0, 0.1) is 6.92 Å². The fourth-order valence-corrected chi connectivity index (χ4v) is 5.88. The molecule has 1 unspecified atom stereocenters. The number of piperazine rings is 1. The molecule has 5 aromatic rings. The number of rotatable bonds is 6. The lowest BCUT2D eigenvalue weighted by Gasteiger charge is -2.38. The van der Waals surface area contributed by atoms with E-state index in [1.54, 1.807) is 25.4 Å². The van der Waals surface area contributed by atoms with Crippen LogP contribution in [0.5, 0.6) is 5.75 Å². The Morgan fingerprint density at radius 1 is 0.974 bits per heavy atom. The number of carbonyl (C=O) groups is 1. The van der Waals surface area contributed by atoms with E-state index >= 15 is 0 Å². The van der Waals surface area contributed by atoms with Gasteiger partial charge < -0.3 is 14.2 Å². The zero-order chi connectivity index (χ0) is 26.1. The molecule has 3 aromatic carbocycles. The minimum absolute atomic E-state index is 0.0287. The highest BCUT2D eigenvalue weighted by molar-refractivity contribution is 7.21. The third-order valence-electron chi connectivity index (χ3n) is 6.82. The molecule has 1 aliphatic rings. The summed E-state index contributed by atoms with van der Waals surface area (Å²) in [6.07, 6.45) is 0. The Bertz CT molecular complexity index is 1570. The zero-order valence-corrected chi connectivity index (χ0v) is 22.0. The van der Waals surface area contributed by atoms with E-state index in [0.29, 0.717) is 43.5 Å². The Balaban J connectivity index is 1.19. The van der Waals surface area contributed by atoms with Gasteiger partial charge in [0.25, 0.3) is 5.91 Å². The van der Waals surface area contributed by atoms with Crippen molar-refractivity contribution in [3.63, 3.8) is 0 Å². The molecule has 0 aliphatic carbocycles. The number of aromatic nitrogens is 3. The van der Waals surface area contributed by atoms with E-state index in [9.17, 15) is 4.79 Å². The van der Waals surface area contributed by atoms with Gasteiger partial charge in [0.1, 0.15) is 10.8 Å². The third-order valence-corrected chi connectivity index (χ3v) is 7.89. The van der Waals surface area contributed by atoms with E-state index < -0.39 is 0 Å². The van der Waals surface area contributed by atoms with Gasteiger partial charge >= 0.3 is 0 Å². The van der Waals surface area contributed by atoms with Gasteiger partial charge in [0.05, 0.1) is 23.4 Å². The maximum atomic E-state index is 13.5. The summed E-state index contributed by atoms with van der Waals surface area (Å²) >= 11 is 1.59. The van der Waals surface area contributed by atoms with Gasteiger partial charge in [-0.25, -0.2) is 4.98 Å². The van der Waals surface area contributed by atoms with Gasteiger partial charge in [-0.3, -0.25) is 9.69 Å². The zero-order valence-electron chi connectivity index (χ0n) is 21.2. The predicted octanol–water partition coefficient (Wildman–Crippen LogP) is 5.21. The molecule has 1 amide bonds. The molecule has 2 aromatic heterocycles. The van der Waals surface area contributed by atoms with E-state index in [2.05, 4.69) is 27.2 Å². The molecular weight excluding hydrogens is 498 g/mol. The average Bonchev–Trinajstić information content (AvgIpc) is 3.59. The monoisotopic (exact) mass is 525 g/mol. The van der Waals surface area contributed by atoms with E-state index in [0.717, 1.165) is 32.1 Å². The van der Waals surface area contributed by atoms with Gasteiger partial charge in [0.2, 0.25) is 5.89 Å². The standard InChI is InChI=1S/C29H27N5O3S/c1-19-30-27(32-37-19)26(20-7-4-3-5-8-20)33-13-15-34(16-14-33)29(35)22-10-6-9-21(17-22)28-31-24-12-11-23(36-2)18-25(24)38-28/h3-12,17-18,26H,13-16H2,1-2H3. The molecule has 0 radical (unpaired) electrons. The Hall–Kier alpha value is -4.08. The topological polar surface area (TPSA) is 84.6 Å². The summed E-state index contributed by atoms with van der Waals surface area (Å²) in [5.74, 6) is 2.03. The number of aryl methyl sites for hydroxylation is 1. The highest BCUT2D eigenvalue weighted by Gasteiger charge is 2.31. The summed E-state index contributed by atoms with van der Waals surface area (Å²) in [6.45, 7) is 4.44. The summed E-state index contributed by atoms with van der Waals surface area (Å²) in [6, 6.07) is 23.7. The van der Waals surface area contributed by atoms with E-state index in [1.165, 1.54) is 0 Å². The minimum atomic E-state index is -0.119. The molecule has 0 bridgehead atoms. The first-order valence-corrected chi connectivity index (χ1v) is 13.3. The van der Waals surface area contributed by atoms with Crippen LogP contribution < -0.4 is 4.74 Å². The van der Waals surface area contributed by atoms with Crippen molar-refractivity contribution in [2.24, 2.45) is 0 Å². The Morgan fingerprint density at radius 2 is 1.79 bits per heavy atom. The maximum absolute atomic E-state index is 13.5. The molecule has 1 aliphatic heterocycles. The molecule has 38 heavy (non-hydrogen) atoms. The SMILES string of the molecule is COc1ccc2nc(-c3cccc(C(=O)N4CCN(C(c5ccccc5)c5noc(C)n5)CC4)c3)sc2c1. The van der Waals surface area contributed by atoms with Crippen LogP contribution in [0.4, 0.5) is 0 Å². The summed E-state index contributed by atoms with van der Waals surface area (Å²) in [5.41, 5.74) is 3.63. The first-order valence-electron chi connectivity index (χ1n) is 12.5. The predicted molar refractivity (Wildman–Crippen MR) is 146 cm³/mol. The molecule has 1 fully saturated rings. The molecule has 8 nitrogen and oxygen atoms in total. The van der Waals surface area contributed by atoms with Crippen LogP contribution in [0.2, 0.25) is 0 Å². The number of benzene rings is 3. The van der Waals surface area contributed by atoms with Crippen molar-refractivity contribution in [1.82, 2.24) is 24.9 Å². The number of nitrogens with zero attached hydrogens (tertiary/aromatic N) is 5. The molecule has 0 saturated carbocycles. The second-order valence-corrected chi connectivity index (χ2v) is 10.3. The quantitative estimate of drug-likeness (QED) is 0.301. The largest absolute Gasteiger partial charge is 0.497 e. The fraction of sp³-hybridized carbons (Fsp3) is 0.241. The third kappa shape index (κ3) is 4.78. The molecule has 9 heteroatoms. The summed E-state index contributed by atoms with van der Waals surface area (Å²) in [5, 5.41) is 5.10. The molecule has 192 valence electrons. The van der Waals surface area contributed by atoms with Crippen LogP contribution in [0.15, 0.2) is 77.3 Å². The van der Waals surface area contributed by atoms with Gasteiger partial charge in [-0.15, -0.1) is 11.3 Å². The second-order valence-electron chi connectivity index (χ2n) is 9.25. The van der Waals surface area contributed by atoms with Crippen molar-refractivity contribution in [2.45, 2.75) is 13.0 Å². The van der Waals surface area contributed by atoms with Crippen molar-refractivity contribution in [3.8, 4) is 16.3 Å². The number of fused-ring (bicyclic) bond motifs is 1. The van der Waals surface area contributed by atoms with Crippen LogP contribution >= 0.6 is 11.3 Å². The Morgan fingerprint density at radius 3 is 2.53 bits per heavy atom. The van der Waals surface area contributed by atoms with Gasteiger partial charge in [0.15, 0.2) is 5.82 Å². The normalized spacial score (nSPS) is 15.1. The Labute approximate surface area is 224 Å². The molecular formula is C29H27N5O3S. The van der Waals surface area contributed by atoms with Crippen molar-refractivity contribution >= 4 is 27.5 Å². The maximum Gasteiger partial charge on any atom is 0.253 e. The number of ether oxygens (including phenoxy) is 1. The number of hydrogen-bond donors (Lipinski definition) is 0. The van der Waals surface area contributed by atoms with E-state index in [1.807, 2.05) is 65.6 Å². The Kier molecular flexibility index (Phi) is 6.61. The van der Waals surface area contributed by atoms with Crippen molar-refractivity contribution in [3.05, 3.63) is 95.6 Å². The van der Waals surface area contributed by atoms with Gasteiger partial charge in [-0.2, -0.15) is 4.98 Å². The van der Waals surface area contributed by atoms with Gasteiger partial charge in [-0.05, 0) is 35.9 Å². The average molecular weight is 526 g/mol. The molecule has 3 heterocycles. The summed E-state index contributed by atoms with van der Waals surface area (Å²) in [4.78, 5) is 27.0. The van der Waals surface area contributed by atoms with Crippen molar-refractivity contribution in [2.75, 3.05) is 33.3 Å². The van der Waals surface area contributed by atoms with Crippen LogP contribution in [0.25, 0.3) is 20.8 Å². The van der Waals surface area contributed by atoms with Gasteiger partial charge in [0, 0.05) is 44.2 Å². The van der Waals surface area contributed by atoms with Crippen LogP contribution in [0.1, 0.15) is 33.7 Å². The van der Waals surface area contributed by atoms with Crippen LogP contribution in [0.3, 0.4) is 0 Å². The number of methoxy groups -OCH3 is 1. The fourth-order valence-electron chi connectivity index (χ4n) is 4.89. The molecule has 1 atom stereocenters. The second kappa shape index (κ2) is 10.4. The molecule has 0 spiro atoms. The molecule has 1 saturated heterocycles. The number of hydrogen-bond acceptors (Lipinski definition) is 8. The van der Waals surface area contributed by atoms with E-state index in [-0.39, 0.29) is 11.9 Å². The summed E-state index contributed by atoms with van der Waals surface area (Å²) < 4.78 is 11.7. The molecule has 6 rings (SSSR count). The van der Waals surface area contributed by atoms with Crippen LogP contribution in [-0.2, 0) is 0 Å². The highest BCUT2D eigenvalue weighted by atomic mass is 32.1. The van der Waals surface area contributed by atoms with Crippen molar-refractivity contribution < 1.29 is 14.1 Å². The number of thiazole rings is 1. The minimum Gasteiger partial charge on any atom is -0.497 e. The number of amides is 1. The lowest BCUT2D eigenvalue weighted by molar-refractivity contribution is 0.0590. The first-order chi connectivity index (χ1) is 18.6. The number of carbonyl (C=O) groups excluding carboxylic acids is 1. The lowest BCUT2D eigenvalue weighted by Crippen LogP contribution is -2.50. The van der Waals surface area contributed by atoms with Gasteiger partial charge in [-0.1, -0.05) is 47.6 Å². The first kappa shape index (κ1) is 24.3. The van der Waals surface area contributed by atoms with Crippen molar-refractivity contribution in [1.29, 1.82) is 0 Å². The van der Waals surface area contributed by atoms with Crippen LogP contribution in [-0.4, -0.2) is 64.1 Å². The summed E-state index contributed by atoms with van der Waals surface area (Å²) in [7, 11) is 1.66.